The number of hydrogen-bond donors (Lipinski definition) is 5. The van der Waals surface area contributed by atoms with Gasteiger partial charge in [0.25, 0.3) is 5.91 Å². The van der Waals surface area contributed by atoms with E-state index in [9.17, 15) is 14.4 Å². The van der Waals surface area contributed by atoms with E-state index in [2.05, 4.69) is 25.6 Å². The maximum absolute atomic E-state index is 13.5. The summed E-state index contributed by atoms with van der Waals surface area (Å²) in [5.41, 5.74) is 3.76. The van der Waals surface area contributed by atoms with Gasteiger partial charge in [0, 0.05) is 34.8 Å². The molecule has 2 amide bonds. The Balaban J connectivity index is 1.30. The molecule has 0 aliphatic carbocycles. The second-order valence-electron chi connectivity index (χ2n) is 8.98. The van der Waals surface area contributed by atoms with E-state index in [0.717, 1.165) is 27.2 Å². The van der Waals surface area contributed by atoms with Gasteiger partial charge in [0.2, 0.25) is 5.91 Å². The summed E-state index contributed by atoms with van der Waals surface area (Å²) in [6.45, 7) is 0. The van der Waals surface area contributed by atoms with Crippen molar-refractivity contribution in [3.8, 4) is 0 Å². The Morgan fingerprint density at radius 2 is 1.57 bits per heavy atom. The normalized spacial score (nSPS) is 12.1. The van der Waals surface area contributed by atoms with Gasteiger partial charge >= 0.3 is 5.69 Å². The quantitative estimate of drug-likeness (QED) is 0.237. The molecule has 2 heterocycles. The molecular weight excluding hydrogens is 466 g/mol. The van der Waals surface area contributed by atoms with Crippen molar-refractivity contribution in [1.82, 2.24) is 20.3 Å². The topological polar surface area (TPSA) is 123 Å². The van der Waals surface area contributed by atoms with Crippen LogP contribution in [-0.4, -0.2) is 32.8 Å². The number of aromatic amines is 3. The summed E-state index contributed by atoms with van der Waals surface area (Å²) in [6, 6.07) is 25.4. The molecule has 2 aromatic heterocycles. The van der Waals surface area contributed by atoms with Gasteiger partial charge < -0.3 is 25.6 Å². The van der Waals surface area contributed by atoms with E-state index >= 15 is 0 Å². The van der Waals surface area contributed by atoms with Crippen molar-refractivity contribution in [3.63, 3.8) is 0 Å². The number of aromatic nitrogens is 3. The van der Waals surface area contributed by atoms with Crippen molar-refractivity contribution in [3.05, 3.63) is 113 Å². The summed E-state index contributed by atoms with van der Waals surface area (Å²) in [4.78, 5) is 47.0. The molecule has 5 N–H and O–H groups in total. The molecule has 0 spiro atoms. The van der Waals surface area contributed by atoms with Gasteiger partial charge in [-0.05, 0) is 52.7 Å². The molecule has 0 saturated heterocycles. The average Bonchev–Trinajstić information content (AvgIpc) is 3.50. The zero-order valence-electron chi connectivity index (χ0n) is 19.7. The fourth-order valence-corrected chi connectivity index (χ4v) is 4.64. The SMILES string of the molecule is O=C(NC(Cc1c[nH]c2ccccc12)C(=O)Nc1ccc2[nH]c(=O)[nH]c2c1)c1ccc2ccccc2c1. The van der Waals surface area contributed by atoms with Crippen LogP contribution in [0.4, 0.5) is 5.69 Å². The Kier molecular flexibility index (Phi) is 5.54. The lowest BCUT2D eigenvalue weighted by molar-refractivity contribution is -0.118. The van der Waals surface area contributed by atoms with Gasteiger partial charge in [-0.15, -0.1) is 0 Å². The predicted molar refractivity (Wildman–Crippen MR) is 145 cm³/mol. The summed E-state index contributed by atoms with van der Waals surface area (Å²) in [5, 5.41) is 8.79. The summed E-state index contributed by atoms with van der Waals surface area (Å²) < 4.78 is 0. The van der Waals surface area contributed by atoms with E-state index in [0.29, 0.717) is 28.7 Å². The highest BCUT2D eigenvalue weighted by Gasteiger charge is 2.24. The number of H-pyrrole nitrogens is 3. The van der Waals surface area contributed by atoms with Crippen LogP contribution in [0.3, 0.4) is 0 Å². The lowest BCUT2D eigenvalue weighted by Gasteiger charge is -2.19. The van der Waals surface area contributed by atoms with E-state index in [1.165, 1.54) is 0 Å². The largest absolute Gasteiger partial charge is 0.361 e. The first-order valence-corrected chi connectivity index (χ1v) is 11.9. The van der Waals surface area contributed by atoms with E-state index < -0.39 is 6.04 Å². The molecule has 0 aliphatic heterocycles. The number of nitrogens with one attached hydrogen (secondary N) is 5. The molecule has 1 unspecified atom stereocenters. The minimum atomic E-state index is -0.848. The van der Waals surface area contributed by atoms with Crippen LogP contribution in [-0.2, 0) is 11.2 Å². The van der Waals surface area contributed by atoms with Gasteiger partial charge in [-0.25, -0.2) is 4.79 Å². The highest BCUT2D eigenvalue weighted by molar-refractivity contribution is 6.03. The van der Waals surface area contributed by atoms with Gasteiger partial charge in [-0.2, -0.15) is 0 Å². The number of fused-ring (bicyclic) bond motifs is 3. The van der Waals surface area contributed by atoms with Crippen molar-refractivity contribution in [1.29, 1.82) is 0 Å². The fourth-order valence-electron chi connectivity index (χ4n) is 4.64. The number of benzene rings is 4. The molecule has 4 aromatic carbocycles. The summed E-state index contributed by atoms with van der Waals surface area (Å²) in [7, 11) is 0. The van der Waals surface area contributed by atoms with E-state index in [1.54, 1.807) is 24.3 Å². The number of hydrogen-bond acceptors (Lipinski definition) is 3. The maximum Gasteiger partial charge on any atom is 0.323 e. The molecule has 37 heavy (non-hydrogen) atoms. The van der Waals surface area contributed by atoms with E-state index in [4.69, 9.17) is 0 Å². The van der Waals surface area contributed by atoms with Gasteiger partial charge in [-0.3, -0.25) is 9.59 Å². The average molecular weight is 490 g/mol. The third-order valence-corrected chi connectivity index (χ3v) is 6.52. The first kappa shape index (κ1) is 22.4. The molecule has 0 bridgehead atoms. The summed E-state index contributed by atoms with van der Waals surface area (Å²) >= 11 is 0. The van der Waals surface area contributed by atoms with E-state index in [-0.39, 0.29) is 17.5 Å². The standard InChI is InChI=1S/C29H23N5O3/c35-27(19-10-9-17-5-1-2-6-18(17)13-19)32-26(14-20-16-30-23-8-4-3-7-22(20)23)28(36)31-21-11-12-24-25(15-21)34-29(37)33-24/h1-13,15-16,26,30H,14H2,(H,31,36)(H,32,35)(H2,33,34,37). The molecule has 6 rings (SSSR count). The van der Waals surface area contributed by atoms with Crippen LogP contribution in [0.2, 0.25) is 0 Å². The lowest BCUT2D eigenvalue weighted by atomic mass is 10.0. The van der Waals surface area contributed by atoms with Crippen LogP contribution in [0.1, 0.15) is 15.9 Å². The third kappa shape index (κ3) is 4.48. The number of imidazole rings is 1. The van der Waals surface area contributed by atoms with E-state index in [1.807, 2.05) is 66.9 Å². The fraction of sp³-hybridized carbons (Fsp3) is 0.0690. The predicted octanol–water partition coefficient (Wildman–Crippen LogP) is 4.47. The second kappa shape index (κ2) is 9.16. The third-order valence-electron chi connectivity index (χ3n) is 6.52. The smallest absolute Gasteiger partial charge is 0.323 e. The molecule has 0 radical (unpaired) electrons. The summed E-state index contributed by atoms with van der Waals surface area (Å²) in [5.74, 6) is -0.701. The number of carbonyl (C=O) groups is 2. The Bertz CT molecular complexity index is 1850. The van der Waals surface area contributed by atoms with Crippen molar-refractivity contribution in [2.24, 2.45) is 0 Å². The number of para-hydroxylation sites is 1. The molecular formula is C29H23N5O3. The molecule has 0 aliphatic rings. The van der Waals surface area contributed by atoms with Gasteiger partial charge in [0.1, 0.15) is 6.04 Å². The second-order valence-corrected chi connectivity index (χ2v) is 8.98. The monoisotopic (exact) mass is 489 g/mol. The Labute approximate surface area is 210 Å². The highest BCUT2D eigenvalue weighted by atomic mass is 16.2. The van der Waals surface area contributed by atoms with Crippen molar-refractivity contribution < 1.29 is 9.59 Å². The number of carbonyl (C=O) groups excluding carboxylic acids is 2. The first-order valence-electron chi connectivity index (χ1n) is 11.9. The zero-order chi connectivity index (χ0) is 25.4. The van der Waals surface area contributed by atoms with Gasteiger partial charge in [0.05, 0.1) is 11.0 Å². The first-order chi connectivity index (χ1) is 18.0. The van der Waals surface area contributed by atoms with Gasteiger partial charge in [0.15, 0.2) is 0 Å². The number of amides is 2. The molecule has 182 valence electrons. The van der Waals surface area contributed by atoms with Gasteiger partial charge in [-0.1, -0.05) is 48.5 Å². The van der Waals surface area contributed by atoms with Crippen LogP contribution in [0, 0.1) is 0 Å². The molecule has 0 saturated carbocycles. The van der Waals surface area contributed by atoms with Crippen LogP contribution in [0.15, 0.2) is 95.9 Å². The van der Waals surface area contributed by atoms with Crippen LogP contribution >= 0.6 is 0 Å². The molecule has 6 aromatic rings. The molecule has 1 atom stereocenters. The molecule has 8 heteroatoms. The molecule has 8 nitrogen and oxygen atoms in total. The Morgan fingerprint density at radius 3 is 2.46 bits per heavy atom. The molecule has 0 fully saturated rings. The Morgan fingerprint density at radius 1 is 0.784 bits per heavy atom. The van der Waals surface area contributed by atoms with Crippen molar-refractivity contribution in [2.75, 3.05) is 5.32 Å². The van der Waals surface area contributed by atoms with Crippen molar-refractivity contribution in [2.45, 2.75) is 12.5 Å². The zero-order valence-corrected chi connectivity index (χ0v) is 19.7. The number of anilines is 1. The lowest BCUT2D eigenvalue weighted by Crippen LogP contribution is -2.45. The maximum atomic E-state index is 13.5. The minimum Gasteiger partial charge on any atom is -0.361 e. The Hall–Kier alpha value is -5.11. The van der Waals surface area contributed by atoms with Crippen LogP contribution in [0.25, 0.3) is 32.7 Å². The minimum absolute atomic E-state index is 0.290. The van der Waals surface area contributed by atoms with Crippen molar-refractivity contribution >= 4 is 50.2 Å². The van der Waals surface area contributed by atoms with Crippen LogP contribution in [0.5, 0.6) is 0 Å². The summed E-state index contributed by atoms with van der Waals surface area (Å²) in [6.07, 6.45) is 2.15. The number of rotatable bonds is 6. The highest BCUT2D eigenvalue weighted by Crippen LogP contribution is 2.21. The van der Waals surface area contributed by atoms with Crippen LogP contribution < -0.4 is 16.3 Å².